The molecule has 0 saturated heterocycles. The highest BCUT2D eigenvalue weighted by Crippen LogP contribution is 2.42. The smallest absolute Gasteiger partial charge is 0.00667 e. The molecule has 1 N–H and O–H groups in total. The average Bonchev–Trinajstić information content (AvgIpc) is 3.15. The molecule has 0 aliphatic heterocycles. The maximum atomic E-state index is 3.59. The summed E-state index contributed by atoms with van der Waals surface area (Å²) in [5.74, 6) is 2.93. The molecule has 0 heterocycles. The molecule has 2 aliphatic rings. The summed E-state index contributed by atoms with van der Waals surface area (Å²) in [5.41, 5.74) is 0. The van der Waals surface area contributed by atoms with E-state index in [0.717, 1.165) is 23.8 Å². The normalized spacial score (nSPS) is 29.1. The number of nitrogens with zero attached hydrogens (tertiary/aromatic N) is 1. The van der Waals surface area contributed by atoms with Gasteiger partial charge in [0.15, 0.2) is 0 Å². The van der Waals surface area contributed by atoms with E-state index >= 15 is 0 Å². The lowest BCUT2D eigenvalue weighted by atomic mass is 9.88. The van der Waals surface area contributed by atoms with Crippen LogP contribution in [0.25, 0.3) is 0 Å². The molecule has 0 aromatic rings. The highest BCUT2D eigenvalue weighted by molar-refractivity contribution is 4.90. The number of rotatable bonds is 8. The SMILES string of the molecule is CC(C)NCC1CC1CC(C)N(C)CC1CCCCC1. The summed E-state index contributed by atoms with van der Waals surface area (Å²) >= 11 is 0. The number of hydrogen-bond donors (Lipinski definition) is 1. The van der Waals surface area contributed by atoms with Crippen LogP contribution >= 0.6 is 0 Å². The third-order valence-electron chi connectivity index (χ3n) is 5.52. The molecule has 0 aromatic heterocycles. The highest BCUT2D eigenvalue weighted by atomic mass is 15.1. The van der Waals surface area contributed by atoms with E-state index in [1.165, 1.54) is 58.0 Å². The molecule has 2 aliphatic carbocycles. The van der Waals surface area contributed by atoms with E-state index in [1.807, 2.05) is 0 Å². The van der Waals surface area contributed by atoms with Gasteiger partial charge < -0.3 is 10.2 Å². The molecule has 0 amide bonds. The molecule has 2 saturated carbocycles. The molecule has 2 nitrogen and oxygen atoms in total. The minimum Gasteiger partial charge on any atom is -0.314 e. The van der Waals surface area contributed by atoms with Crippen molar-refractivity contribution in [2.24, 2.45) is 17.8 Å². The van der Waals surface area contributed by atoms with Crippen LogP contribution in [0, 0.1) is 17.8 Å². The molecule has 0 radical (unpaired) electrons. The van der Waals surface area contributed by atoms with Crippen molar-refractivity contribution in [2.75, 3.05) is 20.1 Å². The lowest BCUT2D eigenvalue weighted by Gasteiger charge is -2.31. The monoisotopic (exact) mass is 280 g/mol. The lowest BCUT2D eigenvalue weighted by molar-refractivity contribution is 0.179. The Kier molecular flexibility index (Phi) is 6.35. The zero-order chi connectivity index (χ0) is 14.5. The summed E-state index contributed by atoms with van der Waals surface area (Å²) in [6.07, 6.45) is 10.2. The molecule has 0 bridgehead atoms. The van der Waals surface area contributed by atoms with E-state index in [9.17, 15) is 0 Å². The zero-order valence-electron chi connectivity index (χ0n) is 14.2. The largest absolute Gasteiger partial charge is 0.314 e. The van der Waals surface area contributed by atoms with Crippen LogP contribution in [0.15, 0.2) is 0 Å². The third-order valence-corrected chi connectivity index (χ3v) is 5.52. The predicted octanol–water partition coefficient (Wildman–Crippen LogP) is 3.91. The van der Waals surface area contributed by atoms with E-state index in [4.69, 9.17) is 0 Å². The van der Waals surface area contributed by atoms with Gasteiger partial charge in [-0.2, -0.15) is 0 Å². The van der Waals surface area contributed by atoms with E-state index in [1.54, 1.807) is 0 Å². The van der Waals surface area contributed by atoms with Gasteiger partial charge in [-0.1, -0.05) is 33.1 Å². The van der Waals surface area contributed by atoms with Crippen molar-refractivity contribution >= 4 is 0 Å². The Bertz CT molecular complexity index is 271. The van der Waals surface area contributed by atoms with Crippen molar-refractivity contribution in [1.29, 1.82) is 0 Å². The summed E-state index contributed by atoms with van der Waals surface area (Å²) < 4.78 is 0. The highest BCUT2D eigenvalue weighted by Gasteiger charge is 2.37. The molecule has 0 spiro atoms. The quantitative estimate of drug-likeness (QED) is 0.725. The first-order valence-corrected chi connectivity index (χ1v) is 9.00. The second kappa shape index (κ2) is 7.79. The van der Waals surface area contributed by atoms with Crippen molar-refractivity contribution in [2.45, 2.75) is 77.8 Å². The van der Waals surface area contributed by atoms with Gasteiger partial charge in [-0.3, -0.25) is 0 Å². The minimum absolute atomic E-state index is 0.641. The van der Waals surface area contributed by atoms with Gasteiger partial charge in [-0.15, -0.1) is 0 Å². The fourth-order valence-electron chi connectivity index (χ4n) is 3.81. The van der Waals surface area contributed by atoms with Gasteiger partial charge in [-0.05, 0) is 64.0 Å². The second-order valence-electron chi connectivity index (χ2n) is 7.85. The Morgan fingerprint density at radius 1 is 1.05 bits per heavy atom. The molecule has 3 unspecified atom stereocenters. The molecule has 20 heavy (non-hydrogen) atoms. The van der Waals surface area contributed by atoms with E-state index in [-0.39, 0.29) is 0 Å². The van der Waals surface area contributed by atoms with Crippen LogP contribution in [-0.4, -0.2) is 37.1 Å². The van der Waals surface area contributed by atoms with Crippen LogP contribution in [0.2, 0.25) is 0 Å². The van der Waals surface area contributed by atoms with Crippen molar-refractivity contribution in [3.8, 4) is 0 Å². The minimum atomic E-state index is 0.641. The Labute approximate surface area is 126 Å². The zero-order valence-corrected chi connectivity index (χ0v) is 14.2. The molecule has 2 heteroatoms. The molecule has 0 aromatic carbocycles. The van der Waals surface area contributed by atoms with Crippen molar-refractivity contribution in [3.63, 3.8) is 0 Å². The van der Waals surface area contributed by atoms with Gasteiger partial charge in [0.25, 0.3) is 0 Å². The van der Waals surface area contributed by atoms with Gasteiger partial charge in [0.05, 0.1) is 0 Å². The van der Waals surface area contributed by atoms with Gasteiger partial charge in [0.2, 0.25) is 0 Å². The topological polar surface area (TPSA) is 15.3 Å². The molecule has 2 fully saturated rings. The molecule has 118 valence electrons. The van der Waals surface area contributed by atoms with Crippen LogP contribution in [0.5, 0.6) is 0 Å². The first-order chi connectivity index (χ1) is 9.56. The Balaban J connectivity index is 1.60. The lowest BCUT2D eigenvalue weighted by Crippen LogP contribution is -2.35. The van der Waals surface area contributed by atoms with Crippen LogP contribution in [0.4, 0.5) is 0 Å². The fourth-order valence-corrected chi connectivity index (χ4v) is 3.81. The van der Waals surface area contributed by atoms with E-state index < -0.39 is 0 Å². The molecule has 3 atom stereocenters. The molecular formula is C18H36N2. The second-order valence-corrected chi connectivity index (χ2v) is 7.85. The van der Waals surface area contributed by atoms with E-state index in [0.29, 0.717) is 6.04 Å². The predicted molar refractivity (Wildman–Crippen MR) is 88.0 cm³/mol. The van der Waals surface area contributed by atoms with E-state index in [2.05, 4.69) is 38.0 Å². The number of hydrogen-bond acceptors (Lipinski definition) is 2. The summed E-state index contributed by atoms with van der Waals surface area (Å²) in [4.78, 5) is 2.64. The summed E-state index contributed by atoms with van der Waals surface area (Å²) in [6, 6.07) is 1.41. The Hall–Kier alpha value is -0.0800. The van der Waals surface area contributed by atoms with Crippen molar-refractivity contribution in [1.82, 2.24) is 10.2 Å². The fraction of sp³-hybridized carbons (Fsp3) is 1.00. The van der Waals surface area contributed by atoms with Gasteiger partial charge >= 0.3 is 0 Å². The van der Waals surface area contributed by atoms with Crippen molar-refractivity contribution < 1.29 is 0 Å². The standard InChI is InChI=1S/C18H36N2/c1-14(2)19-12-18-11-17(18)10-15(3)20(4)13-16-8-6-5-7-9-16/h14-19H,5-13H2,1-4H3. The Morgan fingerprint density at radius 2 is 1.75 bits per heavy atom. The molecular weight excluding hydrogens is 244 g/mol. The van der Waals surface area contributed by atoms with Crippen LogP contribution < -0.4 is 5.32 Å². The average molecular weight is 280 g/mol. The van der Waals surface area contributed by atoms with Crippen LogP contribution in [0.3, 0.4) is 0 Å². The number of nitrogens with one attached hydrogen (secondary N) is 1. The van der Waals surface area contributed by atoms with Crippen LogP contribution in [-0.2, 0) is 0 Å². The third kappa shape index (κ3) is 5.37. The van der Waals surface area contributed by atoms with Crippen molar-refractivity contribution in [3.05, 3.63) is 0 Å². The first-order valence-electron chi connectivity index (χ1n) is 9.00. The summed E-state index contributed by atoms with van der Waals surface area (Å²) in [5, 5.41) is 3.59. The van der Waals surface area contributed by atoms with Gasteiger partial charge in [0.1, 0.15) is 0 Å². The maximum Gasteiger partial charge on any atom is 0.00667 e. The summed E-state index contributed by atoms with van der Waals surface area (Å²) in [7, 11) is 2.35. The maximum absolute atomic E-state index is 3.59. The Morgan fingerprint density at radius 3 is 2.40 bits per heavy atom. The van der Waals surface area contributed by atoms with Gasteiger partial charge in [0, 0.05) is 18.6 Å². The molecule has 2 rings (SSSR count). The summed E-state index contributed by atoms with van der Waals surface area (Å²) in [6.45, 7) is 9.51. The first kappa shape index (κ1) is 16.3. The van der Waals surface area contributed by atoms with Gasteiger partial charge in [-0.25, -0.2) is 0 Å². The van der Waals surface area contributed by atoms with Crippen LogP contribution in [0.1, 0.15) is 65.7 Å².